The van der Waals surface area contributed by atoms with E-state index in [1.165, 1.54) is 21.5 Å². The van der Waals surface area contributed by atoms with E-state index in [1.807, 2.05) is 12.1 Å². The van der Waals surface area contributed by atoms with Gasteiger partial charge in [-0.3, -0.25) is 0 Å². The molecule has 0 saturated heterocycles. The van der Waals surface area contributed by atoms with Crippen molar-refractivity contribution in [3.63, 3.8) is 0 Å². The SMILES string of the molecule is Brc1ccc2c(-c3[c]ccc4cc(Br)ccc34)[c]ccc2c1. The standard InChI is InChI=1S/C20H10Br2/c21-15-7-9-17-13(11-15)3-1-5-19(17)20-6-2-4-14-12-16(22)8-10-18(14)20/h1-4,7-12H. The fraction of sp³-hybridized carbons (Fsp3) is 0. The van der Waals surface area contributed by atoms with Gasteiger partial charge in [-0.05, 0) is 69.1 Å². The monoisotopic (exact) mass is 408 g/mol. The van der Waals surface area contributed by atoms with Crippen molar-refractivity contribution in [3.05, 3.63) is 81.7 Å². The van der Waals surface area contributed by atoms with Crippen LogP contribution in [0, 0.1) is 12.1 Å². The van der Waals surface area contributed by atoms with Gasteiger partial charge in [-0.15, -0.1) is 0 Å². The van der Waals surface area contributed by atoms with Gasteiger partial charge in [0.15, 0.2) is 0 Å². The Morgan fingerprint density at radius 2 is 1.05 bits per heavy atom. The van der Waals surface area contributed by atoms with Gasteiger partial charge in [-0.2, -0.15) is 0 Å². The van der Waals surface area contributed by atoms with Crippen LogP contribution in [0.25, 0.3) is 32.7 Å². The lowest BCUT2D eigenvalue weighted by Crippen LogP contribution is -1.85. The smallest absolute Gasteiger partial charge is 0.0181 e. The summed E-state index contributed by atoms with van der Waals surface area (Å²) in [6.45, 7) is 0. The van der Waals surface area contributed by atoms with Crippen LogP contribution in [-0.2, 0) is 0 Å². The van der Waals surface area contributed by atoms with Gasteiger partial charge in [-0.25, -0.2) is 0 Å². The fourth-order valence-corrected chi connectivity index (χ4v) is 3.55. The Hall–Kier alpha value is -1.64. The Balaban J connectivity index is 2.07. The van der Waals surface area contributed by atoms with Crippen molar-refractivity contribution >= 4 is 53.4 Å². The number of benzene rings is 4. The van der Waals surface area contributed by atoms with Crippen molar-refractivity contribution in [2.24, 2.45) is 0 Å². The molecule has 0 aliphatic heterocycles. The van der Waals surface area contributed by atoms with E-state index < -0.39 is 0 Å². The number of hydrogen-bond donors (Lipinski definition) is 0. The summed E-state index contributed by atoms with van der Waals surface area (Å²) in [7, 11) is 0. The van der Waals surface area contributed by atoms with E-state index in [0.717, 1.165) is 20.1 Å². The van der Waals surface area contributed by atoms with Crippen LogP contribution >= 0.6 is 31.9 Å². The van der Waals surface area contributed by atoms with Gasteiger partial charge in [0.25, 0.3) is 0 Å². The van der Waals surface area contributed by atoms with Gasteiger partial charge < -0.3 is 0 Å². The van der Waals surface area contributed by atoms with Crippen molar-refractivity contribution in [1.29, 1.82) is 0 Å². The molecule has 4 aromatic carbocycles. The van der Waals surface area contributed by atoms with Crippen LogP contribution in [0.1, 0.15) is 0 Å². The van der Waals surface area contributed by atoms with E-state index >= 15 is 0 Å². The van der Waals surface area contributed by atoms with Gasteiger partial charge >= 0.3 is 0 Å². The minimum Gasteiger partial charge on any atom is -0.0537 e. The van der Waals surface area contributed by atoms with Crippen LogP contribution in [0.3, 0.4) is 0 Å². The summed E-state index contributed by atoms with van der Waals surface area (Å²) < 4.78 is 2.17. The zero-order chi connectivity index (χ0) is 15.1. The van der Waals surface area contributed by atoms with Crippen LogP contribution in [0.15, 0.2) is 69.6 Å². The van der Waals surface area contributed by atoms with Crippen LogP contribution in [0.2, 0.25) is 0 Å². The Morgan fingerprint density at radius 1 is 0.591 bits per heavy atom. The molecule has 0 saturated carbocycles. The molecule has 0 atom stereocenters. The van der Waals surface area contributed by atoms with E-state index in [4.69, 9.17) is 0 Å². The minimum absolute atomic E-state index is 1.09. The van der Waals surface area contributed by atoms with Crippen molar-refractivity contribution in [3.8, 4) is 11.1 Å². The average molecular weight is 410 g/mol. The van der Waals surface area contributed by atoms with Crippen LogP contribution < -0.4 is 0 Å². The summed E-state index contributed by atoms with van der Waals surface area (Å²) in [5.41, 5.74) is 2.19. The van der Waals surface area contributed by atoms with Gasteiger partial charge in [0.2, 0.25) is 0 Å². The van der Waals surface area contributed by atoms with Crippen molar-refractivity contribution in [2.75, 3.05) is 0 Å². The highest BCUT2D eigenvalue weighted by molar-refractivity contribution is 9.10. The first-order valence-electron chi connectivity index (χ1n) is 6.93. The summed E-state index contributed by atoms with van der Waals surface area (Å²) in [5.74, 6) is 0. The maximum Gasteiger partial charge on any atom is 0.0181 e. The maximum absolute atomic E-state index is 3.54. The molecular formula is C20H10Br2. The number of rotatable bonds is 1. The second kappa shape index (κ2) is 5.53. The minimum atomic E-state index is 1.09. The first-order valence-corrected chi connectivity index (χ1v) is 8.51. The lowest BCUT2D eigenvalue weighted by molar-refractivity contribution is 1.64. The van der Waals surface area contributed by atoms with Gasteiger partial charge in [0, 0.05) is 8.95 Å². The summed E-state index contributed by atoms with van der Waals surface area (Å²) in [6.07, 6.45) is 0. The molecule has 0 heterocycles. The van der Waals surface area contributed by atoms with Crippen LogP contribution in [0.5, 0.6) is 0 Å². The second-order valence-electron chi connectivity index (χ2n) is 5.17. The number of hydrogen-bond acceptors (Lipinski definition) is 0. The lowest BCUT2D eigenvalue weighted by atomic mass is 9.94. The van der Waals surface area contributed by atoms with Crippen molar-refractivity contribution in [1.82, 2.24) is 0 Å². The van der Waals surface area contributed by atoms with Crippen LogP contribution in [-0.4, -0.2) is 0 Å². The topological polar surface area (TPSA) is 0 Å². The molecular weight excluding hydrogens is 400 g/mol. The predicted octanol–water partition coefficient (Wildman–Crippen LogP) is 6.79. The van der Waals surface area contributed by atoms with E-state index in [-0.39, 0.29) is 0 Å². The van der Waals surface area contributed by atoms with Crippen molar-refractivity contribution < 1.29 is 0 Å². The first kappa shape index (κ1) is 14.0. The molecule has 0 aliphatic carbocycles. The molecule has 0 amide bonds. The quantitative estimate of drug-likeness (QED) is 0.324. The Morgan fingerprint density at radius 3 is 1.50 bits per heavy atom. The molecule has 0 unspecified atom stereocenters. The molecule has 4 rings (SSSR count). The van der Waals surface area contributed by atoms with Crippen LogP contribution in [0.4, 0.5) is 0 Å². The van der Waals surface area contributed by atoms with E-state index in [9.17, 15) is 0 Å². The number of halogens is 2. The molecule has 0 fully saturated rings. The molecule has 0 aliphatic rings. The van der Waals surface area contributed by atoms with Gasteiger partial charge in [0.05, 0.1) is 0 Å². The summed E-state index contributed by atoms with van der Waals surface area (Å²) in [6, 6.07) is 27.6. The predicted molar refractivity (Wildman–Crippen MR) is 100.0 cm³/mol. The van der Waals surface area contributed by atoms with E-state index in [0.29, 0.717) is 0 Å². The highest BCUT2D eigenvalue weighted by Crippen LogP contribution is 2.34. The Labute approximate surface area is 146 Å². The summed E-state index contributed by atoms with van der Waals surface area (Å²) in [4.78, 5) is 0. The highest BCUT2D eigenvalue weighted by atomic mass is 79.9. The second-order valence-corrected chi connectivity index (χ2v) is 7.00. The van der Waals surface area contributed by atoms with Gasteiger partial charge in [-0.1, -0.05) is 68.3 Å². The third-order valence-corrected chi connectivity index (χ3v) is 4.78. The van der Waals surface area contributed by atoms with Crippen molar-refractivity contribution in [2.45, 2.75) is 0 Å². The fourth-order valence-electron chi connectivity index (χ4n) is 2.80. The molecule has 0 N–H and O–H groups in total. The van der Waals surface area contributed by atoms with Gasteiger partial charge in [0.1, 0.15) is 0 Å². The third-order valence-electron chi connectivity index (χ3n) is 3.80. The summed E-state index contributed by atoms with van der Waals surface area (Å²) >= 11 is 7.08. The molecule has 22 heavy (non-hydrogen) atoms. The molecule has 0 aromatic heterocycles. The maximum atomic E-state index is 3.54. The normalized spacial score (nSPS) is 11.2. The highest BCUT2D eigenvalue weighted by Gasteiger charge is 2.08. The molecule has 0 nitrogen and oxygen atoms in total. The Bertz CT molecular complexity index is 920. The molecule has 4 aromatic rings. The molecule has 2 heteroatoms. The zero-order valence-electron chi connectivity index (χ0n) is 11.5. The molecule has 0 spiro atoms. The van der Waals surface area contributed by atoms with E-state index in [1.54, 1.807) is 0 Å². The third kappa shape index (κ3) is 2.37. The molecule has 104 valence electrons. The lowest BCUT2D eigenvalue weighted by Gasteiger charge is -2.10. The average Bonchev–Trinajstić information content (AvgIpc) is 2.53. The zero-order valence-corrected chi connectivity index (χ0v) is 14.7. The Kier molecular flexibility index (Phi) is 3.51. The van der Waals surface area contributed by atoms with E-state index in [2.05, 4.69) is 92.5 Å². The molecule has 2 radical (unpaired) electrons. The molecule has 0 bridgehead atoms. The first-order chi connectivity index (χ1) is 10.7. The summed E-state index contributed by atoms with van der Waals surface area (Å²) in [5, 5.41) is 4.78. The number of fused-ring (bicyclic) bond motifs is 2. The largest absolute Gasteiger partial charge is 0.0537 e.